The van der Waals surface area contributed by atoms with Crippen molar-refractivity contribution in [1.82, 2.24) is 0 Å². The average molecular weight is 344 g/mol. The first-order chi connectivity index (χ1) is 11.5. The summed E-state index contributed by atoms with van der Waals surface area (Å²) in [7, 11) is 0. The molecule has 3 nitrogen and oxygen atoms in total. The Balaban J connectivity index is 1.93. The Labute approximate surface area is 144 Å². The standard InChI is InChI=1S/C19H17FO3S/c1-13(19(22)15-6-8-16(20)9-7-15)23-18(21)12-5-14-3-10-17(24-2)11-4-14/h3-13H,1-2H3/b12-5+/t13-/m0/s1. The van der Waals surface area contributed by atoms with Crippen LogP contribution in [0.25, 0.3) is 6.08 Å². The van der Waals surface area contributed by atoms with E-state index < -0.39 is 17.9 Å². The highest BCUT2D eigenvalue weighted by atomic mass is 32.2. The lowest BCUT2D eigenvalue weighted by molar-refractivity contribution is -0.140. The minimum Gasteiger partial charge on any atom is -0.451 e. The fraction of sp³-hybridized carbons (Fsp3) is 0.158. The Kier molecular flexibility index (Phi) is 6.32. The molecule has 0 aliphatic heterocycles. The monoisotopic (exact) mass is 344 g/mol. The van der Waals surface area contributed by atoms with Gasteiger partial charge < -0.3 is 4.74 Å². The molecule has 0 aromatic heterocycles. The normalized spacial score (nSPS) is 12.1. The van der Waals surface area contributed by atoms with Gasteiger partial charge in [0.25, 0.3) is 0 Å². The highest BCUT2D eigenvalue weighted by Gasteiger charge is 2.18. The van der Waals surface area contributed by atoms with Gasteiger partial charge in [-0.05, 0) is 61.2 Å². The Hall–Kier alpha value is -2.40. The van der Waals surface area contributed by atoms with Crippen molar-refractivity contribution in [1.29, 1.82) is 0 Å². The van der Waals surface area contributed by atoms with Crippen LogP contribution in [0.1, 0.15) is 22.8 Å². The maximum atomic E-state index is 12.9. The number of carbonyl (C=O) groups excluding carboxylic acids is 2. The lowest BCUT2D eigenvalue weighted by atomic mass is 10.1. The zero-order valence-corrected chi connectivity index (χ0v) is 14.2. The van der Waals surface area contributed by atoms with Gasteiger partial charge in [0.15, 0.2) is 6.10 Å². The van der Waals surface area contributed by atoms with Gasteiger partial charge in [-0.3, -0.25) is 4.79 Å². The van der Waals surface area contributed by atoms with Crippen molar-refractivity contribution in [2.75, 3.05) is 6.26 Å². The number of hydrogen-bond acceptors (Lipinski definition) is 4. The van der Waals surface area contributed by atoms with E-state index in [1.54, 1.807) is 17.8 Å². The summed E-state index contributed by atoms with van der Waals surface area (Å²) in [4.78, 5) is 25.1. The van der Waals surface area contributed by atoms with Gasteiger partial charge in [0.05, 0.1) is 0 Å². The largest absolute Gasteiger partial charge is 0.451 e. The number of ether oxygens (including phenoxy) is 1. The average Bonchev–Trinajstić information content (AvgIpc) is 2.60. The second-order valence-electron chi connectivity index (χ2n) is 5.06. The third-order valence-corrected chi connectivity index (χ3v) is 4.06. The molecule has 2 aromatic rings. The van der Waals surface area contributed by atoms with Gasteiger partial charge in [0.1, 0.15) is 5.82 Å². The van der Waals surface area contributed by atoms with Crippen LogP contribution in [0.15, 0.2) is 59.5 Å². The predicted molar refractivity (Wildman–Crippen MR) is 93.5 cm³/mol. The summed E-state index contributed by atoms with van der Waals surface area (Å²) in [6.45, 7) is 1.49. The molecule has 0 unspecified atom stereocenters. The van der Waals surface area contributed by atoms with Crippen LogP contribution in [-0.4, -0.2) is 24.1 Å². The molecule has 1 atom stereocenters. The van der Waals surface area contributed by atoms with E-state index in [0.717, 1.165) is 10.5 Å². The first-order valence-electron chi connectivity index (χ1n) is 7.32. The van der Waals surface area contributed by atoms with Gasteiger partial charge in [-0.25, -0.2) is 9.18 Å². The molecule has 2 aromatic carbocycles. The van der Waals surface area contributed by atoms with Crippen molar-refractivity contribution in [2.24, 2.45) is 0 Å². The minimum atomic E-state index is -0.938. The van der Waals surface area contributed by atoms with Crippen LogP contribution in [0.4, 0.5) is 4.39 Å². The maximum absolute atomic E-state index is 12.9. The molecule has 0 saturated carbocycles. The zero-order valence-electron chi connectivity index (χ0n) is 13.4. The number of carbonyl (C=O) groups is 2. The molecule has 24 heavy (non-hydrogen) atoms. The number of benzene rings is 2. The van der Waals surface area contributed by atoms with Crippen molar-refractivity contribution >= 4 is 29.6 Å². The Morgan fingerprint density at radius 1 is 1.08 bits per heavy atom. The van der Waals surface area contributed by atoms with Crippen molar-refractivity contribution in [2.45, 2.75) is 17.9 Å². The summed E-state index contributed by atoms with van der Waals surface area (Å²) in [6.07, 6.45) is 3.96. The number of Topliss-reactive ketones (excluding diaryl/α,β-unsaturated/α-hetero) is 1. The van der Waals surface area contributed by atoms with Gasteiger partial charge in [-0.15, -0.1) is 11.8 Å². The van der Waals surface area contributed by atoms with E-state index in [9.17, 15) is 14.0 Å². The summed E-state index contributed by atoms with van der Waals surface area (Å²) >= 11 is 1.64. The second-order valence-corrected chi connectivity index (χ2v) is 5.94. The Bertz CT molecular complexity index is 736. The molecular formula is C19H17FO3S. The molecular weight excluding hydrogens is 327 g/mol. The topological polar surface area (TPSA) is 43.4 Å². The van der Waals surface area contributed by atoms with Crippen molar-refractivity contribution in [3.63, 3.8) is 0 Å². The fourth-order valence-corrected chi connectivity index (χ4v) is 2.40. The van der Waals surface area contributed by atoms with Crippen LogP contribution >= 0.6 is 11.8 Å². The molecule has 0 heterocycles. The molecule has 0 spiro atoms. The molecule has 0 aliphatic carbocycles. The molecule has 0 saturated heterocycles. The van der Waals surface area contributed by atoms with Crippen LogP contribution in [0.5, 0.6) is 0 Å². The quantitative estimate of drug-likeness (QED) is 0.338. The number of rotatable bonds is 6. The fourth-order valence-electron chi connectivity index (χ4n) is 2.00. The molecule has 0 fully saturated rings. The van der Waals surface area contributed by atoms with Gasteiger partial charge in [0.2, 0.25) is 5.78 Å². The van der Waals surface area contributed by atoms with Gasteiger partial charge in [-0.2, -0.15) is 0 Å². The molecule has 0 N–H and O–H groups in total. The third kappa shape index (κ3) is 5.06. The predicted octanol–water partition coefficient (Wildman–Crippen LogP) is 4.38. The molecule has 2 rings (SSSR count). The van der Waals surface area contributed by atoms with E-state index in [4.69, 9.17) is 4.74 Å². The number of thioether (sulfide) groups is 1. The molecule has 0 amide bonds. The SMILES string of the molecule is CSc1ccc(/C=C/C(=O)O[C@@H](C)C(=O)c2ccc(F)cc2)cc1. The van der Waals surface area contributed by atoms with E-state index in [0.29, 0.717) is 5.56 Å². The smallest absolute Gasteiger partial charge is 0.331 e. The summed E-state index contributed by atoms with van der Waals surface area (Å²) < 4.78 is 18.0. The van der Waals surface area contributed by atoms with E-state index in [2.05, 4.69) is 0 Å². The second kappa shape index (κ2) is 8.45. The lowest BCUT2D eigenvalue weighted by Gasteiger charge is -2.10. The van der Waals surface area contributed by atoms with Crippen LogP contribution in [0.3, 0.4) is 0 Å². The van der Waals surface area contributed by atoms with Gasteiger partial charge in [-0.1, -0.05) is 12.1 Å². The number of hydrogen-bond donors (Lipinski definition) is 0. The summed E-state index contributed by atoms with van der Waals surface area (Å²) in [5, 5.41) is 0. The minimum absolute atomic E-state index is 0.299. The lowest BCUT2D eigenvalue weighted by Crippen LogP contribution is -2.23. The molecule has 5 heteroatoms. The molecule has 0 aliphatic rings. The third-order valence-electron chi connectivity index (χ3n) is 3.32. The Morgan fingerprint density at radius 2 is 1.71 bits per heavy atom. The molecule has 124 valence electrons. The van der Waals surface area contributed by atoms with E-state index >= 15 is 0 Å². The molecule has 0 bridgehead atoms. The van der Waals surface area contributed by atoms with Gasteiger partial charge in [0, 0.05) is 16.5 Å². The van der Waals surface area contributed by atoms with Crippen molar-refractivity contribution < 1.29 is 18.7 Å². The molecule has 0 radical (unpaired) electrons. The van der Waals surface area contributed by atoms with E-state index in [1.165, 1.54) is 37.3 Å². The van der Waals surface area contributed by atoms with E-state index in [1.807, 2.05) is 30.5 Å². The zero-order chi connectivity index (χ0) is 17.5. The van der Waals surface area contributed by atoms with Crippen LogP contribution in [0, 0.1) is 5.82 Å². The highest BCUT2D eigenvalue weighted by molar-refractivity contribution is 7.98. The Morgan fingerprint density at radius 3 is 2.29 bits per heavy atom. The van der Waals surface area contributed by atoms with Crippen molar-refractivity contribution in [3.05, 3.63) is 71.6 Å². The van der Waals surface area contributed by atoms with Crippen LogP contribution in [-0.2, 0) is 9.53 Å². The van der Waals surface area contributed by atoms with Crippen molar-refractivity contribution in [3.8, 4) is 0 Å². The van der Waals surface area contributed by atoms with Crippen LogP contribution < -0.4 is 0 Å². The first kappa shape index (κ1) is 17.9. The summed E-state index contributed by atoms with van der Waals surface area (Å²) in [5.41, 5.74) is 1.16. The maximum Gasteiger partial charge on any atom is 0.331 e. The van der Waals surface area contributed by atoms with E-state index in [-0.39, 0.29) is 5.78 Å². The van der Waals surface area contributed by atoms with Gasteiger partial charge >= 0.3 is 5.97 Å². The number of halogens is 1. The highest BCUT2D eigenvalue weighted by Crippen LogP contribution is 2.15. The van der Waals surface area contributed by atoms with Crippen LogP contribution in [0.2, 0.25) is 0 Å². The first-order valence-corrected chi connectivity index (χ1v) is 8.54. The summed E-state index contributed by atoms with van der Waals surface area (Å²) in [5.74, 6) is -1.40. The summed E-state index contributed by atoms with van der Waals surface area (Å²) in [6, 6.07) is 12.8. The number of ketones is 1. The number of esters is 1.